The molecule has 21 heavy (non-hydrogen) atoms. The summed E-state index contributed by atoms with van der Waals surface area (Å²) in [6.45, 7) is 2.57. The van der Waals surface area contributed by atoms with Crippen LogP contribution in [0.4, 0.5) is 10.5 Å². The molecule has 0 saturated heterocycles. The zero-order valence-corrected chi connectivity index (χ0v) is 12.0. The average Bonchev–Trinajstić information content (AvgIpc) is 2.46. The zero-order chi connectivity index (χ0) is 15.8. The van der Waals surface area contributed by atoms with Gasteiger partial charge >= 0.3 is 12.0 Å². The molecule has 0 saturated carbocycles. The molecule has 6 heteroatoms. The summed E-state index contributed by atoms with van der Waals surface area (Å²) in [5, 5.41) is 11.7. The van der Waals surface area contributed by atoms with Crippen molar-refractivity contribution in [3.8, 4) is 18.1 Å². The van der Waals surface area contributed by atoms with E-state index in [0.29, 0.717) is 12.3 Å². The fourth-order valence-corrected chi connectivity index (χ4v) is 1.77. The van der Waals surface area contributed by atoms with Crippen LogP contribution in [-0.2, 0) is 0 Å². The third-order valence-corrected chi connectivity index (χ3v) is 2.76. The lowest BCUT2D eigenvalue weighted by atomic mass is 10.1. The van der Waals surface area contributed by atoms with Crippen LogP contribution < -0.4 is 10.1 Å². The molecule has 2 amide bonds. The van der Waals surface area contributed by atoms with E-state index < -0.39 is 12.0 Å². The van der Waals surface area contributed by atoms with Gasteiger partial charge in [0.1, 0.15) is 5.75 Å². The van der Waals surface area contributed by atoms with E-state index >= 15 is 0 Å². The molecular formula is C15H18N2O4. The molecule has 0 bridgehead atoms. The number of carboxylic acid groups (broad SMARTS) is 1. The molecule has 0 aliphatic heterocycles. The number of hydrogen-bond donors (Lipinski definition) is 2. The summed E-state index contributed by atoms with van der Waals surface area (Å²) in [6, 6.07) is 3.92. The SMILES string of the molecule is C#CCN(CCC)C(=O)Nc1cc(OC)ccc1C(=O)O. The first-order valence-corrected chi connectivity index (χ1v) is 6.44. The van der Waals surface area contributed by atoms with Crippen molar-refractivity contribution in [1.29, 1.82) is 0 Å². The third kappa shape index (κ3) is 4.42. The highest BCUT2D eigenvalue weighted by Gasteiger charge is 2.17. The summed E-state index contributed by atoms with van der Waals surface area (Å²) < 4.78 is 5.04. The van der Waals surface area contributed by atoms with Crippen LogP contribution in [0.15, 0.2) is 18.2 Å². The van der Waals surface area contributed by atoms with Crippen molar-refractivity contribution in [2.75, 3.05) is 25.5 Å². The van der Waals surface area contributed by atoms with E-state index in [9.17, 15) is 9.59 Å². The number of carbonyl (C=O) groups excluding carboxylic acids is 1. The lowest BCUT2D eigenvalue weighted by Gasteiger charge is -2.20. The van der Waals surface area contributed by atoms with Gasteiger partial charge in [-0.05, 0) is 18.6 Å². The molecule has 0 aromatic heterocycles. The van der Waals surface area contributed by atoms with Crippen LogP contribution in [0.5, 0.6) is 5.75 Å². The molecule has 0 radical (unpaired) electrons. The quantitative estimate of drug-likeness (QED) is 0.788. The fourth-order valence-electron chi connectivity index (χ4n) is 1.77. The maximum atomic E-state index is 12.2. The maximum Gasteiger partial charge on any atom is 0.337 e. The number of hydrogen-bond acceptors (Lipinski definition) is 3. The summed E-state index contributed by atoms with van der Waals surface area (Å²) in [6.07, 6.45) is 5.98. The second-order valence-corrected chi connectivity index (χ2v) is 4.27. The number of carboxylic acids is 1. The molecule has 0 atom stereocenters. The molecule has 0 heterocycles. The number of amides is 2. The Morgan fingerprint density at radius 2 is 2.19 bits per heavy atom. The summed E-state index contributed by atoms with van der Waals surface area (Å²) >= 11 is 0. The molecule has 0 aliphatic carbocycles. The number of nitrogens with one attached hydrogen (secondary N) is 1. The van der Waals surface area contributed by atoms with Crippen LogP contribution >= 0.6 is 0 Å². The van der Waals surface area contributed by atoms with E-state index in [0.717, 1.165) is 6.42 Å². The molecule has 0 fully saturated rings. The molecule has 1 aromatic carbocycles. The Morgan fingerprint density at radius 3 is 2.71 bits per heavy atom. The van der Waals surface area contributed by atoms with Gasteiger partial charge in [0, 0.05) is 12.6 Å². The standard InChI is InChI=1S/C15H18N2O4/c1-4-8-17(9-5-2)15(20)16-13-10-11(21-3)6-7-12(13)14(18)19/h1,6-7,10H,5,8-9H2,2-3H3,(H,16,20)(H,18,19). The fraction of sp³-hybridized carbons (Fsp3) is 0.333. The van der Waals surface area contributed by atoms with E-state index in [1.807, 2.05) is 6.92 Å². The average molecular weight is 290 g/mol. The summed E-state index contributed by atoms with van der Waals surface area (Å²) in [4.78, 5) is 24.8. The van der Waals surface area contributed by atoms with Crippen molar-refractivity contribution in [1.82, 2.24) is 4.90 Å². The molecule has 2 N–H and O–H groups in total. The summed E-state index contributed by atoms with van der Waals surface area (Å²) in [7, 11) is 1.46. The van der Waals surface area contributed by atoms with Crippen LogP contribution in [0, 0.1) is 12.3 Å². The number of rotatable bonds is 6. The Kier molecular flexibility index (Phi) is 6.08. The maximum absolute atomic E-state index is 12.2. The zero-order valence-electron chi connectivity index (χ0n) is 12.0. The van der Waals surface area contributed by atoms with E-state index in [4.69, 9.17) is 16.3 Å². The monoisotopic (exact) mass is 290 g/mol. The smallest absolute Gasteiger partial charge is 0.337 e. The van der Waals surface area contributed by atoms with Gasteiger partial charge in [0.05, 0.1) is 24.9 Å². The number of benzene rings is 1. The Labute approximate surface area is 123 Å². The van der Waals surface area contributed by atoms with E-state index in [-0.39, 0.29) is 17.8 Å². The minimum atomic E-state index is -1.13. The van der Waals surface area contributed by atoms with Crippen molar-refractivity contribution >= 4 is 17.7 Å². The predicted octanol–water partition coefficient (Wildman–Crippen LogP) is 2.27. The Balaban J connectivity index is 3.01. The Morgan fingerprint density at radius 1 is 1.48 bits per heavy atom. The molecule has 0 unspecified atom stereocenters. The normalized spacial score (nSPS) is 9.57. The second kappa shape index (κ2) is 7.80. The highest BCUT2D eigenvalue weighted by atomic mass is 16.5. The molecule has 0 spiro atoms. The number of ether oxygens (including phenoxy) is 1. The Hall–Kier alpha value is -2.68. The van der Waals surface area contributed by atoms with Crippen LogP contribution in [0.1, 0.15) is 23.7 Å². The third-order valence-electron chi connectivity index (χ3n) is 2.76. The van der Waals surface area contributed by atoms with Gasteiger partial charge in [-0.3, -0.25) is 0 Å². The number of carbonyl (C=O) groups is 2. The highest BCUT2D eigenvalue weighted by molar-refractivity contribution is 6.00. The molecule has 6 nitrogen and oxygen atoms in total. The molecule has 1 aromatic rings. The first kappa shape index (κ1) is 16.4. The minimum absolute atomic E-state index is 0.0127. The molecule has 112 valence electrons. The summed E-state index contributed by atoms with van der Waals surface area (Å²) in [5.74, 6) is 1.72. The number of terminal acetylenes is 1. The van der Waals surface area contributed by atoms with E-state index in [1.54, 1.807) is 0 Å². The van der Waals surface area contributed by atoms with Gasteiger partial charge in [0.2, 0.25) is 0 Å². The van der Waals surface area contributed by atoms with E-state index in [2.05, 4.69) is 11.2 Å². The minimum Gasteiger partial charge on any atom is -0.497 e. The lowest BCUT2D eigenvalue weighted by Crippen LogP contribution is -2.36. The number of methoxy groups -OCH3 is 1. The van der Waals surface area contributed by atoms with Crippen molar-refractivity contribution in [2.45, 2.75) is 13.3 Å². The van der Waals surface area contributed by atoms with Crippen LogP contribution in [0.3, 0.4) is 0 Å². The van der Waals surface area contributed by atoms with Crippen molar-refractivity contribution in [3.63, 3.8) is 0 Å². The van der Waals surface area contributed by atoms with Crippen LogP contribution in [0.25, 0.3) is 0 Å². The molecular weight excluding hydrogens is 272 g/mol. The largest absolute Gasteiger partial charge is 0.497 e. The topological polar surface area (TPSA) is 78.9 Å². The van der Waals surface area contributed by atoms with Crippen molar-refractivity contribution in [2.24, 2.45) is 0 Å². The lowest BCUT2D eigenvalue weighted by molar-refractivity contribution is 0.0698. The van der Waals surface area contributed by atoms with Gasteiger partial charge in [0.15, 0.2) is 0 Å². The first-order valence-electron chi connectivity index (χ1n) is 6.44. The number of nitrogens with zero attached hydrogens (tertiary/aromatic N) is 1. The predicted molar refractivity (Wildman–Crippen MR) is 79.7 cm³/mol. The van der Waals surface area contributed by atoms with E-state index in [1.165, 1.54) is 30.2 Å². The number of aromatic carboxylic acids is 1. The molecule has 1 rings (SSSR count). The number of anilines is 1. The van der Waals surface area contributed by atoms with Gasteiger partial charge in [-0.25, -0.2) is 9.59 Å². The van der Waals surface area contributed by atoms with Crippen molar-refractivity contribution in [3.05, 3.63) is 23.8 Å². The van der Waals surface area contributed by atoms with Gasteiger partial charge in [-0.15, -0.1) is 6.42 Å². The van der Waals surface area contributed by atoms with Gasteiger partial charge in [-0.2, -0.15) is 0 Å². The molecule has 0 aliphatic rings. The van der Waals surface area contributed by atoms with Gasteiger partial charge in [-0.1, -0.05) is 12.8 Å². The number of urea groups is 1. The first-order chi connectivity index (χ1) is 10.0. The van der Waals surface area contributed by atoms with Crippen molar-refractivity contribution < 1.29 is 19.4 Å². The van der Waals surface area contributed by atoms with Gasteiger partial charge < -0.3 is 20.1 Å². The van der Waals surface area contributed by atoms with Crippen LogP contribution in [-0.4, -0.2) is 42.2 Å². The van der Waals surface area contributed by atoms with Crippen LogP contribution in [0.2, 0.25) is 0 Å². The summed E-state index contributed by atoms with van der Waals surface area (Å²) in [5.41, 5.74) is 0.159. The second-order valence-electron chi connectivity index (χ2n) is 4.27. The Bertz CT molecular complexity index is 563. The highest BCUT2D eigenvalue weighted by Crippen LogP contribution is 2.23. The van der Waals surface area contributed by atoms with Gasteiger partial charge in [0.25, 0.3) is 0 Å².